The van der Waals surface area contributed by atoms with Crippen LogP contribution in [0.1, 0.15) is 40.8 Å². The lowest BCUT2D eigenvalue weighted by molar-refractivity contribution is -0.288. The van der Waals surface area contributed by atoms with Crippen molar-refractivity contribution in [2.45, 2.75) is 30.8 Å². The monoisotopic (exact) mass is 634 g/mol. The Labute approximate surface area is 252 Å². The zero-order valence-electron chi connectivity index (χ0n) is 21.9. The van der Waals surface area contributed by atoms with Crippen LogP contribution >= 0.6 is 23.2 Å². The lowest BCUT2D eigenvalue weighted by atomic mass is 9.73. The Hall–Kier alpha value is -4.38. The summed E-state index contributed by atoms with van der Waals surface area (Å²) in [4.78, 5) is 0. The van der Waals surface area contributed by atoms with Crippen molar-refractivity contribution in [1.29, 1.82) is 10.5 Å². The van der Waals surface area contributed by atoms with E-state index in [0.717, 1.165) is 24.3 Å². The Morgan fingerprint density at radius 2 is 1.12 bits per heavy atom. The summed E-state index contributed by atoms with van der Waals surface area (Å²) in [6.07, 6.45) is -12.4. The van der Waals surface area contributed by atoms with Crippen LogP contribution in [0.3, 0.4) is 0 Å². The van der Waals surface area contributed by atoms with Gasteiger partial charge in [-0.25, -0.2) is 0 Å². The first-order valence-corrected chi connectivity index (χ1v) is 13.1. The topological polar surface area (TPSA) is 66.0 Å². The van der Waals surface area contributed by atoms with Gasteiger partial charge < -0.3 is 9.47 Å². The highest BCUT2D eigenvalue weighted by Gasteiger charge is 2.72. The molecule has 0 amide bonds. The highest BCUT2D eigenvalue weighted by molar-refractivity contribution is 6.32. The summed E-state index contributed by atoms with van der Waals surface area (Å²) in [5, 5.41) is 18.9. The van der Waals surface area contributed by atoms with Gasteiger partial charge >= 0.3 is 12.4 Å². The molecule has 0 aromatic heterocycles. The molecule has 4 aromatic rings. The van der Waals surface area contributed by atoms with Crippen molar-refractivity contribution in [3.63, 3.8) is 0 Å². The minimum atomic E-state index is -5.81. The van der Waals surface area contributed by atoms with Crippen LogP contribution in [0.2, 0.25) is 10.0 Å². The zero-order chi connectivity index (χ0) is 31.6. The first-order valence-electron chi connectivity index (χ1n) is 12.3. The van der Waals surface area contributed by atoms with E-state index in [0.29, 0.717) is 29.8 Å². The summed E-state index contributed by atoms with van der Waals surface area (Å²) >= 11 is 12.0. The van der Waals surface area contributed by atoms with Gasteiger partial charge in [-0.05, 0) is 60.5 Å². The largest absolute Gasteiger partial charge is 0.486 e. The van der Waals surface area contributed by atoms with Crippen LogP contribution in [-0.4, -0.2) is 12.4 Å². The second-order valence-electron chi connectivity index (χ2n) is 9.20. The van der Waals surface area contributed by atoms with E-state index < -0.39 is 35.0 Å². The minimum absolute atomic E-state index is 0.0230. The van der Waals surface area contributed by atoms with Crippen molar-refractivity contribution in [3.8, 4) is 29.4 Å². The third-order valence-corrected chi connectivity index (χ3v) is 7.28. The molecule has 0 N–H and O–H groups in total. The van der Waals surface area contributed by atoms with Gasteiger partial charge in [-0.2, -0.15) is 36.9 Å². The molecule has 4 rings (SSSR count). The number of nitrogens with zero attached hydrogens (tertiary/aromatic N) is 2. The average Bonchev–Trinajstić information content (AvgIpc) is 2.93. The molecule has 1 unspecified atom stereocenters. The second kappa shape index (κ2) is 12.1. The molecule has 0 radical (unpaired) electrons. The van der Waals surface area contributed by atoms with Gasteiger partial charge in [0.1, 0.15) is 41.1 Å². The molecule has 0 saturated heterocycles. The van der Waals surface area contributed by atoms with E-state index >= 15 is 0 Å². The normalized spacial score (nSPS) is 12.6. The van der Waals surface area contributed by atoms with Crippen molar-refractivity contribution in [3.05, 3.63) is 123 Å². The number of hydrogen-bond donors (Lipinski definition) is 0. The standard InChI is InChI=1S/C31H18Cl2F6N2O2/c1-18(23-4-2-5-26(32)24(23)16-40)42-21-12-8-19(9-13-21)29(30(34,35)36,31(37,38)39)20-10-14-22(15-11-20)43-28-7-3-6-27(33)25(28)17-41/h2-15,18H,1H3. The fourth-order valence-electron chi connectivity index (χ4n) is 4.63. The number of alkyl halides is 6. The van der Waals surface area contributed by atoms with Crippen LogP contribution in [0.15, 0.2) is 84.9 Å². The second-order valence-corrected chi connectivity index (χ2v) is 10.0. The van der Waals surface area contributed by atoms with Crippen LogP contribution in [-0.2, 0) is 5.41 Å². The van der Waals surface area contributed by atoms with Gasteiger partial charge in [-0.15, -0.1) is 0 Å². The third-order valence-electron chi connectivity index (χ3n) is 6.65. The maximum atomic E-state index is 14.6. The van der Waals surface area contributed by atoms with Crippen LogP contribution in [0.4, 0.5) is 26.3 Å². The van der Waals surface area contributed by atoms with Gasteiger partial charge in [0.15, 0.2) is 0 Å². The maximum Gasteiger partial charge on any atom is 0.411 e. The molecule has 0 aliphatic carbocycles. The molecular formula is C31H18Cl2F6N2O2. The summed E-state index contributed by atoms with van der Waals surface area (Å²) in [7, 11) is 0. The molecule has 0 spiro atoms. The first-order chi connectivity index (χ1) is 20.2. The molecule has 1 atom stereocenters. The van der Waals surface area contributed by atoms with Crippen molar-refractivity contribution < 1.29 is 35.8 Å². The minimum Gasteiger partial charge on any atom is -0.486 e. The number of halogens is 8. The highest BCUT2D eigenvalue weighted by Crippen LogP contribution is 2.56. The molecule has 0 aliphatic heterocycles. The van der Waals surface area contributed by atoms with E-state index in [4.69, 9.17) is 32.7 Å². The molecule has 0 heterocycles. The van der Waals surface area contributed by atoms with Crippen molar-refractivity contribution in [2.75, 3.05) is 0 Å². The Morgan fingerprint density at radius 1 is 0.651 bits per heavy atom. The van der Waals surface area contributed by atoms with E-state index in [1.165, 1.54) is 24.3 Å². The van der Waals surface area contributed by atoms with E-state index in [9.17, 15) is 36.9 Å². The molecule has 4 aromatic carbocycles. The van der Waals surface area contributed by atoms with Crippen molar-refractivity contribution >= 4 is 23.2 Å². The smallest absolute Gasteiger partial charge is 0.411 e. The summed E-state index contributed by atoms with van der Waals surface area (Å²) < 4.78 is 98.9. The summed E-state index contributed by atoms with van der Waals surface area (Å²) in [5.74, 6) is -0.168. The fraction of sp³-hybridized carbons (Fsp3) is 0.161. The Bertz CT molecular complexity index is 1690. The Balaban J connectivity index is 1.72. The van der Waals surface area contributed by atoms with E-state index in [2.05, 4.69) is 0 Å². The van der Waals surface area contributed by atoms with Gasteiger partial charge in [-0.3, -0.25) is 0 Å². The van der Waals surface area contributed by atoms with Crippen LogP contribution in [0.5, 0.6) is 17.2 Å². The van der Waals surface area contributed by atoms with E-state index in [-0.39, 0.29) is 38.4 Å². The first kappa shape index (κ1) is 31.6. The number of ether oxygens (including phenoxy) is 2. The van der Waals surface area contributed by atoms with Gasteiger partial charge in [0, 0.05) is 5.56 Å². The Morgan fingerprint density at radius 3 is 1.60 bits per heavy atom. The maximum absolute atomic E-state index is 14.6. The number of rotatable bonds is 7. The third kappa shape index (κ3) is 5.94. The molecular weight excluding hydrogens is 617 g/mol. The van der Waals surface area contributed by atoms with Crippen molar-refractivity contribution in [2.24, 2.45) is 0 Å². The van der Waals surface area contributed by atoms with Gasteiger partial charge in [-0.1, -0.05) is 65.7 Å². The number of nitriles is 2. The molecule has 4 nitrogen and oxygen atoms in total. The van der Waals surface area contributed by atoms with E-state index in [1.54, 1.807) is 19.1 Å². The molecule has 0 aliphatic rings. The zero-order valence-corrected chi connectivity index (χ0v) is 23.4. The molecule has 0 saturated carbocycles. The molecule has 220 valence electrons. The highest BCUT2D eigenvalue weighted by atomic mass is 35.5. The van der Waals surface area contributed by atoms with Crippen LogP contribution in [0.25, 0.3) is 0 Å². The lowest BCUT2D eigenvalue weighted by Crippen LogP contribution is -2.54. The quantitative estimate of drug-likeness (QED) is 0.190. The van der Waals surface area contributed by atoms with Gasteiger partial charge in [0.25, 0.3) is 0 Å². The molecule has 43 heavy (non-hydrogen) atoms. The van der Waals surface area contributed by atoms with Crippen LogP contribution < -0.4 is 9.47 Å². The average molecular weight is 635 g/mol. The summed E-state index contributed by atoms with van der Waals surface area (Å²) in [6, 6.07) is 19.3. The molecule has 12 heteroatoms. The predicted molar refractivity (Wildman–Crippen MR) is 147 cm³/mol. The summed E-state index contributed by atoms with van der Waals surface area (Å²) in [6.45, 7) is 1.56. The fourth-order valence-corrected chi connectivity index (χ4v) is 5.06. The lowest BCUT2D eigenvalue weighted by Gasteiger charge is -2.38. The van der Waals surface area contributed by atoms with Gasteiger partial charge in [0.05, 0.1) is 15.6 Å². The van der Waals surface area contributed by atoms with Gasteiger partial charge in [0.2, 0.25) is 5.41 Å². The summed E-state index contributed by atoms with van der Waals surface area (Å²) in [5.41, 5.74) is -6.13. The van der Waals surface area contributed by atoms with Crippen LogP contribution in [0, 0.1) is 22.7 Å². The van der Waals surface area contributed by atoms with E-state index in [1.807, 2.05) is 12.1 Å². The number of benzene rings is 4. The SMILES string of the molecule is CC(Oc1ccc(C(c2ccc(Oc3cccc(Cl)c3C#N)cc2)(C(F)(F)F)C(F)(F)F)cc1)c1cccc(Cl)c1C#N. The number of hydrogen-bond acceptors (Lipinski definition) is 4. The predicted octanol–water partition coefficient (Wildman–Crippen LogP) is 10.1. The molecule has 0 fully saturated rings. The molecule has 0 bridgehead atoms. The van der Waals surface area contributed by atoms with Crippen molar-refractivity contribution in [1.82, 2.24) is 0 Å². The Kier molecular flexibility index (Phi) is 8.87.